The minimum absolute atomic E-state index is 0.0736. The number of aromatic nitrogens is 2. The molecule has 1 heterocycles. The van der Waals surface area contributed by atoms with Crippen LogP contribution >= 0.6 is 0 Å². The van der Waals surface area contributed by atoms with E-state index in [1.165, 1.54) is 0 Å². The number of hydrogen-bond donors (Lipinski definition) is 2. The van der Waals surface area contributed by atoms with Crippen molar-refractivity contribution >= 4 is 11.9 Å². The molecular weight excluding hydrogens is 249 g/mol. The predicted molar refractivity (Wildman–Crippen MR) is 58.7 cm³/mol. The van der Waals surface area contributed by atoms with Crippen molar-refractivity contribution in [1.82, 2.24) is 15.3 Å². The van der Waals surface area contributed by atoms with Crippen LogP contribution in [0.25, 0.3) is 0 Å². The predicted octanol–water partition coefficient (Wildman–Crippen LogP) is 0.897. The average Bonchev–Trinajstić information content (AvgIpc) is 2.19. The molecule has 0 aliphatic rings. The van der Waals surface area contributed by atoms with E-state index in [2.05, 4.69) is 9.97 Å². The molecule has 100 valence electrons. The zero-order valence-corrected chi connectivity index (χ0v) is 9.93. The van der Waals surface area contributed by atoms with Gasteiger partial charge in [0.25, 0.3) is 0 Å². The van der Waals surface area contributed by atoms with Crippen LogP contribution in [0.3, 0.4) is 0 Å². The smallest absolute Gasteiger partial charge is 0.368 e. The van der Waals surface area contributed by atoms with Gasteiger partial charge in [-0.1, -0.05) is 0 Å². The Labute approximate surface area is 102 Å². The minimum atomic E-state index is -4.42. The number of halogens is 3. The third-order valence-electron chi connectivity index (χ3n) is 2.26. The highest BCUT2D eigenvalue weighted by Crippen LogP contribution is 2.14. The van der Waals surface area contributed by atoms with E-state index in [4.69, 9.17) is 5.73 Å². The maximum absolute atomic E-state index is 11.9. The third-order valence-corrected chi connectivity index (χ3v) is 2.26. The second-order valence-electron chi connectivity index (χ2n) is 3.80. The Bertz CT molecular complexity index is 436. The van der Waals surface area contributed by atoms with E-state index in [-0.39, 0.29) is 12.4 Å². The summed E-state index contributed by atoms with van der Waals surface area (Å²) in [5.74, 6) is -0.656. The molecule has 1 aromatic rings. The SMILES string of the molecule is Cc1nc(N)nc(C)c1CC(=O)NCC(F)(F)F. The van der Waals surface area contributed by atoms with E-state index in [9.17, 15) is 18.0 Å². The van der Waals surface area contributed by atoms with Crippen LogP contribution in [0.5, 0.6) is 0 Å². The van der Waals surface area contributed by atoms with Crippen LogP contribution < -0.4 is 11.1 Å². The van der Waals surface area contributed by atoms with Gasteiger partial charge in [-0.25, -0.2) is 9.97 Å². The van der Waals surface area contributed by atoms with Gasteiger partial charge in [0.2, 0.25) is 11.9 Å². The highest BCUT2D eigenvalue weighted by atomic mass is 19.4. The van der Waals surface area contributed by atoms with Crippen LogP contribution in [-0.4, -0.2) is 28.6 Å². The Morgan fingerprint density at radius 3 is 2.22 bits per heavy atom. The summed E-state index contributed by atoms with van der Waals surface area (Å²) >= 11 is 0. The molecule has 0 saturated heterocycles. The van der Waals surface area contributed by atoms with Crippen molar-refractivity contribution in [2.75, 3.05) is 12.3 Å². The number of rotatable bonds is 3. The van der Waals surface area contributed by atoms with E-state index < -0.39 is 18.6 Å². The first-order valence-electron chi connectivity index (χ1n) is 5.12. The van der Waals surface area contributed by atoms with Gasteiger partial charge >= 0.3 is 6.18 Å². The summed E-state index contributed by atoms with van der Waals surface area (Å²) in [5.41, 5.74) is 6.87. The molecule has 1 aromatic heterocycles. The number of carbonyl (C=O) groups excluding carboxylic acids is 1. The first-order valence-corrected chi connectivity index (χ1v) is 5.12. The number of nitrogens with zero attached hydrogens (tertiary/aromatic N) is 2. The van der Waals surface area contributed by atoms with Gasteiger partial charge in [-0.15, -0.1) is 0 Å². The Morgan fingerprint density at radius 1 is 1.28 bits per heavy atom. The largest absolute Gasteiger partial charge is 0.405 e. The van der Waals surface area contributed by atoms with E-state index >= 15 is 0 Å². The average molecular weight is 262 g/mol. The highest BCUT2D eigenvalue weighted by Gasteiger charge is 2.27. The van der Waals surface area contributed by atoms with Gasteiger partial charge in [-0.05, 0) is 13.8 Å². The maximum Gasteiger partial charge on any atom is 0.405 e. The second-order valence-corrected chi connectivity index (χ2v) is 3.80. The van der Waals surface area contributed by atoms with Crippen molar-refractivity contribution in [3.8, 4) is 0 Å². The van der Waals surface area contributed by atoms with E-state index in [1.807, 2.05) is 0 Å². The summed E-state index contributed by atoms with van der Waals surface area (Å²) in [5, 5.41) is 1.79. The monoisotopic (exact) mass is 262 g/mol. The zero-order chi connectivity index (χ0) is 13.9. The van der Waals surface area contributed by atoms with E-state index in [0.717, 1.165) is 0 Å². The molecule has 0 aliphatic heterocycles. The zero-order valence-electron chi connectivity index (χ0n) is 9.93. The van der Waals surface area contributed by atoms with Gasteiger partial charge in [-0.3, -0.25) is 4.79 Å². The van der Waals surface area contributed by atoms with Gasteiger partial charge in [0.05, 0.1) is 6.42 Å². The molecular formula is C10H13F3N4O. The third kappa shape index (κ3) is 4.19. The number of hydrogen-bond acceptors (Lipinski definition) is 4. The van der Waals surface area contributed by atoms with Gasteiger partial charge in [0, 0.05) is 17.0 Å². The van der Waals surface area contributed by atoms with Crippen molar-refractivity contribution in [1.29, 1.82) is 0 Å². The fourth-order valence-electron chi connectivity index (χ4n) is 1.44. The maximum atomic E-state index is 11.9. The van der Waals surface area contributed by atoms with Crippen LogP contribution in [-0.2, 0) is 11.2 Å². The van der Waals surface area contributed by atoms with Crippen LogP contribution in [0, 0.1) is 13.8 Å². The molecule has 3 N–H and O–H groups in total. The summed E-state index contributed by atoms with van der Waals surface area (Å²) in [4.78, 5) is 19.1. The van der Waals surface area contributed by atoms with Crippen molar-refractivity contribution in [2.24, 2.45) is 0 Å². The van der Waals surface area contributed by atoms with Crippen molar-refractivity contribution in [3.05, 3.63) is 17.0 Å². The molecule has 0 saturated carbocycles. The standard InChI is InChI=1S/C10H13F3N4O/c1-5-7(6(2)17-9(14)16-5)3-8(18)15-4-10(11,12)13/h3-4H2,1-2H3,(H,15,18)(H2,14,16,17). The number of alkyl halides is 3. The molecule has 0 aliphatic carbocycles. The Balaban J connectivity index is 2.71. The van der Waals surface area contributed by atoms with Gasteiger partial charge < -0.3 is 11.1 Å². The lowest BCUT2D eigenvalue weighted by atomic mass is 10.1. The van der Waals surface area contributed by atoms with Crippen LogP contribution in [0.4, 0.5) is 19.1 Å². The molecule has 0 radical (unpaired) electrons. The highest BCUT2D eigenvalue weighted by molar-refractivity contribution is 5.79. The first kappa shape index (κ1) is 14.2. The summed E-state index contributed by atoms with van der Waals surface area (Å²) in [6.45, 7) is 1.90. The molecule has 0 atom stereocenters. The number of carbonyl (C=O) groups is 1. The van der Waals surface area contributed by atoms with E-state index in [0.29, 0.717) is 17.0 Å². The molecule has 5 nitrogen and oxygen atoms in total. The molecule has 0 aromatic carbocycles. The molecule has 18 heavy (non-hydrogen) atoms. The van der Waals surface area contributed by atoms with Gasteiger partial charge in [0.1, 0.15) is 6.54 Å². The molecule has 1 amide bonds. The fourth-order valence-corrected chi connectivity index (χ4v) is 1.44. The number of nitrogens with two attached hydrogens (primary N) is 1. The number of amides is 1. The fraction of sp³-hybridized carbons (Fsp3) is 0.500. The number of anilines is 1. The molecule has 1 rings (SSSR count). The second kappa shape index (κ2) is 5.19. The number of nitrogen functional groups attached to an aromatic ring is 1. The Morgan fingerprint density at radius 2 is 1.78 bits per heavy atom. The van der Waals surface area contributed by atoms with Gasteiger partial charge in [-0.2, -0.15) is 13.2 Å². The van der Waals surface area contributed by atoms with Crippen molar-refractivity contribution in [3.63, 3.8) is 0 Å². The Kier molecular flexibility index (Phi) is 4.10. The molecule has 8 heteroatoms. The molecule has 0 spiro atoms. The summed E-state index contributed by atoms with van der Waals surface area (Å²) in [7, 11) is 0. The summed E-state index contributed by atoms with van der Waals surface area (Å²) < 4.78 is 35.7. The molecule has 0 unspecified atom stereocenters. The van der Waals surface area contributed by atoms with Crippen LogP contribution in [0.1, 0.15) is 17.0 Å². The summed E-state index contributed by atoms with van der Waals surface area (Å²) in [6.07, 6.45) is -4.62. The summed E-state index contributed by atoms with van der Waals surface area (Å²) in [6, 6.07) is 0. The van der Waals surface area contributed by atoms with Crippen molar-refractivity contribution < 1.29 is 18.0 Å². The normalized spacial score (nSPS) is 11.4. The van der Waals surface area contributed by atoms with Gasteiger partial charge in [0.15, 0.2) is 0 Å². The first-order chi connectivity index (χ1) is 8.19. The van der Waals surface area contributed by atoms with Crippen molar-refractivity contribution in [2.45, 2.75) is 26.4 Å². The van der Waals surface area contributed by atoms with Crippen LogP contribution in [0.15, 0.2) is 0 Å². The number of nitrogens with one attached hydrogen (secondary N) is 1. The molecule has 0 fully saturated rings. The lowest BCUT2D eigenvalue weighted by Gasteiger charge is -2.11. The molecule has 0 bridgehead atoms. The lowest BCUT2D eigenvalue weighted by Crippen LogP contribution is -2.35. The topological polar surface area (TPSA) is 80.9 Å². The minimum Gasteiger partial charge on any atom is -0.368 e. The number of aryl methyl sites for hydroxylation is 2. The van der Waals surface area contributed by atoms with Crippen LogP contribution in [0.2, 0.25) is 0 Å². The quantitative estimate of drug-likeness (QED) is 0.848. The Hall–Kier alpha value is -1.86. The lowest BCUT2D eigenvalue weighted by molar-refractivity contribution is -0.138. The van der Waals surface area contributed by atoms with E-state index in [1.54, 1.807) is 19.2 Å².